The van der Waals surface area contributed by atoms with Gasteiger partial charge in [0, 0.05) is 29.1 Å². The van der Waals surface area contributed by atoms with Crippen LogP contribution in [0.2, 0.25) is 5.02 Å². The van der Waals surface area contributed by atoms with Crippen molar-refractivity contribution in [3.05, 3.63) is 52.3 Å². The standard InChI is InChI=1S/C15H13ClFNO/c16-11-2-1-10(8-18)13(6-11)14-7-12(17)5-9-3-4-19-15(9)14/h1-2,5-7H,3-4,8,18H2. The first kappa shape index (κ1) is 12.5. The van der Waals surface area contributed by atoms with Crippen LogP contribution in [0, 0.1) is 5.82 Å². The molecule has 1 heterocycles. The average Bonchev–Trinajstić information content (AvgIpc) is 2.85. The summed E-state index contributed by atoms with van der Waals surface area (Å²) in [5.74, 6) is 0.487. The summed E-state index contributed by atoms with van der Waals surface area (Å²) < 4.78 is 19.4. The van der Waals surface area contributed by atoms with Crippen molar-refractivity contribution in [2.45, 2.75) is 13.0 Å². The molecule has 0 spiro atoms. The molecule has 0 bridgehead atoms. The molecule has 1 aliphatic rings. The number of hydrogen-bond donors (Lipinski definition) is 1. The first-order valence-corrected chi connectivity index (χ1v) is 6.51. The molecule has 4 heteroatoms. The molecule has 0 aliphatic carbocycles. The lowest BCUT2D eigenvalue weighted by Gasteiger charge is -2.13. The monoisotopic (exact) mass is 277 g/mol. The predicted octanol–water partition coefficient (Wildman–Crippen LogP) is 3.54. The second kappa shape index (κ2) is 4.83. The van der Waals surface area contributed by atoms with Crippen LogP contribution in [0.4, 0.5) is 4.39 Å². The van der Waals surface area contributed by atoms with Crippen LogP contribution in [0.3, 0.4) is 0 Å². The Morgan fingerprint density at radius 1 is 1.21 bits per heavy atom. The van der Waals surface area contributed by atoms with Crippen LogP contribution in [0.25, 0.3) is 11.1 Å². The molecule has 0 unspecified atom stereocenters. The number of ether oxygens (including phenoxy) is 1. The van der Waals surface area contributed by atoms with Crippen molar-refractivity contribution < 1.29 is 9.13 Å². The van der Waals surface area contributed by atoms with Crippen LogP contribution in [-0.2, 0) is 13.0 Å². The molecule has 0 radical (unpaired) electrons. The van der Waals surface area contributed by atoms with Gasteiger partial charge in [0.1, 0.15) is 11.6 Å². The first-order chi connectivity index (χ1) is 9.19. The van der Waals surface area contributed by atoms with Crippen LogP contribution in [-0.4, -0.2) is 6.61 Å². The second-order valence-electron chi connectivity index (χ2n) is 4.55. The second-order valence-corrected chi connectivity index (χ2v) is 4.98. The number of benzene rings is 2. The molecule has 1 aliphatic heterocycles. The Balaban J connectivity index is 2.25. The van der Waals surface area contributed by atoms with Gasteiger partial charge in [0.25, 0.3) is 0 Å². The molecule has 2 aromatic rings. The van der Waals surface area contributed by atoms with Crippen LogP contribution in [0.5, 0.6) is 5.75 Å². The zero-order valence-corrected chi connectivity index (χ0v) is 11.0. The largest absolute Gasteiger partial charge is 0.492 e. The molecule has 98 valence electrons. The summed E-state index contributed by atoms with van der Waals surface area (Å²) in [6, 6.07) is 8.46. The van der Waals surface area contributed by atoms with Gasteiger partial charge in [-0.25, -0.2) is 4.39 Å². The van der Waals surface area contributed by atoms with Crippen molar-refractivity contribution >= 4 is 11.6 Å². The molecule has 0 aromatic heterocycles. The fraction of sp³-hybridized carbons (Fsp3) is 0.200. The molecule has 19 heavy (non-hydrogen) atoms. The smallest absolute Gasteiger partial charge is 0.130 e. The maximum atomic E-state index is 13.7. The third kappa shape index (κ3) is 2.20. The van der Waals surface area contributed by atoms with Crippen molar-refractivity contribution in [2.24, 2.45) is 5.73 Å². The van der Waals surface area contributed by atoms with Gasteiger partial charge in [0.2, 0.25) is 0 Å². The maximum absolute atomic E-state index is 13.7. The minimum Gasteiger partial charge on any atom is -0.492 e. The van der Waals surface area contributed by atoms with Gasteiger partial charge in [-0.05, 0) is 35.4 Å². The number of halogens is 2. The van der Waals surface area contributed by atoms with E-state index in [9.17, 15) is 4.39 Å². The SMILES string of the molecule is NCc1ccc(Cl)cc1-c1cc(F)cc2c1OCC2. The molecule has 2 aromatic carbocycles. The maximum Gasteiger partial charge on any atom is 0.130 e. The fourth-order valence-electron chi connectivity index (χ4n) is 2.45. The van der Waals surface area contributed by atoms with Gasteiger partial charge < -0.3 is 10.5 Å². The van der Waals surface area contributed by atoms with E-state index in [4.69, 9.17) is 22.1 Å². The summed E-state index contributed by atoms with van der Waals surface area (Å²) in [6.07, 6.45) is 0.735. The lowest BCUT2D eigenvalue weighted by Crippen LogP contribution is -2.00. The van der Waals surface area contributed by atoms with Crippen molar-refractivity contribution in [1.29, 1.82) is 0 Å². The Morgan fingerprint density at radius 2 is 2.05 bits per heavy atom. The fourth-order valence-corrected chi connectivity index (χ4v) is 2.62. The summed E-state index contributed by atoms with van der Waals surface area (Å²) in [4.78, 5) is 0. The van der Waals surface area contributed by atoms with Gasteiger partial charge in [-0.1, -0.05) is 17.7 Å². The van der Waals surface area contributed by atoms with Gasteiger partial charge in [0.05, 0.1) is 6.61 Å². The Morgan fingerprint density at radius 3 is 2.84 bits per heavy atom. The lowest BCUT2D eigenvalue weighted by atomic mass is 9.96. The van der Waals surface area contributed by atoms with E-state index in [0.717, 1.165) is 34.4 Å². The van der Waals surface area contributed by atoms with E-state index < -0.39 is 0 Å². The van der Waals surface area contributed by atoms with E-state index in [1.807, 2.05) is 6.07 Å². The minimum absolute atomic E-state index is 0.262. The molecule has 0 saturated heterocycles. The van der Waals surface area contributed by atoms with Gasteiger partial charge >= 0.3 is 0 Å². The normalized spacial score (nSPS) is 13.2. The van der Waals surface area contributed by atoms with Crippen LogP contribution in [0.15, 0.2) is 30.3 Å². The first-order valence-electron chi connectivity index (χ1n) is 6.13. The molecule has 0 amide bonds. The Hall–Kier alpha value is -1.58. The highest BCUT2D eigenvalue weighted by Gasteiger charge is 2.20. The van der Waals surface area contributed by atoms with Crippen molar-refractivity contribution in [3.63, 3.8) is 0 Å². The van der Waals surface area contributed by atoms with Crippen molar-refractivity contribution in [2.75, 3.05) is 6.61 Å². The van der Waals surface area contributed by atoms with E-state index in [-0.39, 0.29) is 5.82 Å². The van der Waals surface area contributed by atoms with Crippen LogP contribution in [0.1, 0.15) is 11.1 Å². The summed E-state index contributed by atoms with van der Waals surface area (Å²) in [5.41, 5.74) is 9.14. The molecular weight excluding hydrogens is 265 g/mol. The van der Waals surface area contributed by atoms with E-state index in [1.54, 1.807) is 12.1 Å². The predicted molar refractivity (Wildman–Crippen MR) is 73.9 cm³/mol. The number of rotatable bonds is 2. The van der Waals surface area contributed by atoms with Gasteiger partial charge in [-0.2, -0.15) is 0 Å². The van der Waals surface area contributed by atoms with E-state index >= 15 is 0 Å². The zero-order valence-electron chi connectivity index (χ0n) is 10.2. The summed E-state index contributed by atoms with van der Waals surface area (Å²) in [5, 5.41) is 0.600. The van der Waals surface area contributed by atoms with E-state index in [1.165, 1.54) is 12.1 Å². The summed E-state index contributed by atoms with van der Waals surface area (Å²) >= 11 is 6.04. The molecule has 0 saturated carbocycles. The minimum atomic E-state index is -0.262. The molecular formula is C15H13ClFNO. The molecule has 2 nitrogen and oxygen atoms in total. The molecule has 0 fully saturated rings. The quantitative estimate of drug-likeness (QED) is 0.911. The third-order valence-corrected chi connectivity index (χ3v) is 3.57. The van der Waals surface area contributed by atoms with Crippen LogP contribution < -0.4 is 10.5 Å². The topological polar surface area (TPSA) is 35.2 Å². The number of fused-ring (bicyclic) bond motifs is 1. The van der Waals surface area contributed by atoms with Gasteiger partial charge in [0.15, 0.2) is 0 Å². The summed E-state index contributed by atoms with van der Waals surface area (Å²) in [7, 11) is 0. The van der Waals surface area contributed by atoms with Gasteiger partial charge in [-0.15, -0.1) is 0 Å². The Kier molecular flexibility index (Phi) is 3.17. The highest BCUT2D eigenvalue weighted by molar-refractivity contribution is 6.30. The highest BCUT2D eigenvalue weighted by atomic mass is 35.5. The van der Waals surface area contributed by atoms with Crippen LogP contribution >= 0.6 is 11.6 Å². The average molecular weight is 278 g/mol. The Bertz CT molecular complexity index is 642. The number of hydrogen-bond acceptors (Lipinski definition) is 2. The molecule has 3 rings (SSSR count). The zero-order chi connectivity index (χ0) is 13.4. The number of nitrogens with two attached hydrogens (primary N) is 1. The third-order valence-electron chi connectivity index (χ3n) is 3.33. The van der Waals surface area contributed by atoms with E-state index in [2.05, 4.69) is 0 Å². The molecule has 0 atom stereocenters. The molecule has 2 N–H and O–H groups in total. The van der Waals surface area contributed by atoms with Gasteiger partial charge in [-0.3, -0.25) is 0 Å². The lowest BCUT2D eigenvalue weighted by molar-refractivity contribution is 0.358. The summed E-state index contributed by atoms with van der Waals surface area (Å²) in [6.45, 7) is 0.960. The van der Waals surface area contributed by atoms with E-state index in [0.29, 0.717) is 18.2 Å². The Labute approximate surface area is 115 Å². The van der Waals surface area contributed by atoms with Crippen molar-refractivity contribution in [3.8, 4) is 16.9 Å². The highest BCUT2D eigenvalue weighted by Crippen LogP contribution is 2.39. The van der Waals surface area contributed by atoms with Crippen molar-refractivity contribution in [1.82, 2.24) is 0 Å².